The number of nitrogens with one attached hydrogen (secondary N) is 2. The monoisotopic (exact) mass is 290 g/mol. The van der Waals surface area contributed by atoms with Gasteiger partial charge in [-0.3, -0.25) is 4.79 Å². The number of para-hydroxylation sites is 1. The second kappa shape index (κ2) is 6.48. The first-order valence-electron chi connectivity index (χ1n) is 7.74. The van der Waals surface area contributed by atoms with Crippen LogP contribution in [0.25, 0.3) is 0 Å². The van der Waals surface area contributed by atoms with Crippen LogP contribution in [0, 0.1) is 0 Å². The van der Waals surface area contributed by atoms with Crippen LogP contribution in [0.4, 0.5) is 0 Å². The van der Waals surface area contributed by atoms with E-state index in [1.165, 1.54) is 0 Å². The summed E-state index contributed by atoms with van der Waals surface area (Å²) in [5.74, 6) is 0.900. The maximum Gasteiger partial charge on any atom is 0.240 e. The summed E-state index contributed by atoms with van der Waals surface area (Å²) in [6.07, 6.45) is 2.05. The number of hydrogen-bond acceptors (Lipinski definition) is 3. The normalized spacial score (nSPS) is 23.1. The summed E-state index contributed by atoms with van der Waals surface area (Å²) in [6.45, 7) is 8.88. The number of carbonyl (C=O) groups excluding carboxylic acids is 1. The smallest absolute Gasteiger partial charge is 0.240 e. The summed E-state index contributed by atoms with van der Waals surface area (Å²) in [4.78, 5) is 12.5. The Morgan fingerprint density at radius 2 is 2.05 bits per heavy atom. The molecule has 0 aliphatic carbocycles. The van der Waals surface area contributed by atoms with Crippen molar-refractivity contribution >= 4 is 5.91 Å². The minimum Gasteiger partial charge on any atom is -0.491 e. The molecule has 1 aliphatic heterocycles. The molecule has 1 amide bonds. The highest BCUT2D eigenvalue weighted by Crippen LogP contribution is 2.27. The molecule has 2 rings (SSSR count). The summed E-state index contributed by atoms with van der Waals surface area (Å²) in [5.41, 5.74) is 0.573. The lowest BCUT2D eigenvalue weighted by atomic mass is 9.98. The second-order valence-corrected chi connectivity index (χ2v) is 6.26. The minimum atomic E-state index is -0.442. The summed E-state index contributed by atoms with van der Waals surface area (Å²) in [5, 5.41) is 6.40. The summed E-state index contributed by atoms with van der Waals surface area (Å²) >= 11 is 0. The van der Waals surface area contributed by atoms with Crippen LogP contribution in [0.15, 0.2) is 24.3 Å². The average Bonchev–Trinajstić information content (AvgIpc) is 2.87. The van der Waals surface area contributed by atoms with Gasteiger partial charge in [0.2, 0.25) is 5.91 Å². The lowest BCUT2D eigenvalue weighted by Crippen LogP contribution is -2.51. The number of carbonyl (C=O) groups is 1. The van der Waals surface area contributed by atoms with Gasteiger partial charge in [-0.1, -0.05) is 18.2 Å². The van der Waals surface area contributed by atoms with Crippen molar-refractivity contribution < 1.29 is 9.53 Å². The molecule has 2 N–H and O–H groups in total. The van der Waals surface area contributed by atoms with E-state index in [0.717, 1.165) is 30.7 Å². The number of benzene rings is 1. The van der Waals surface area contributed by atoms with Crippen molar-refractivity contribution in [1.29, 1.82) is 0 Å². The molecule has 4 nitrogen and oxygen atoms in total. The molecule has 0 bridgehead atoms. The van der Waals surface area contributed by atoms with E-state index in [1.54, 1.807) is 0 Å². The molecule has 1 saturated heterocycles. The molecule has 0 radical (unpaired) electrons. The summed E-state index contributed by atoms with van der Waals surface area (Å²) in [6, 6.07) is 7.81. The number of hydrogen-bond donors (Lipinski definition) is 2. The van der Waals surface area contributed by atoms with Crippen molar-refractivity contribution in [3.8, 4) is 5.75 Å². The Balaban J connectivity index is 2.09. The molecule has 0 aromatic heterocycles. The molecule has 1 aromatic rings. The Hall–Kier alpha value is -1.55. The number of ether oxygens (including phenoxy) is 1. The highest BCUT2D eigenvalue weighted by molar-refractivity contribution is 5.86. The average molecular weight is 290 g/mol. The largest absolute Gasteiger partial charge is 0.491 e. The molecular formula is C17H26N2O2. The molecule has 1 aliphatic rings. The predicted octanol–water partition coefficient (Wildman–Crippen LogP) is 2.79. The van der Waals surface area contributed by atoms with Gasteiger partial charge < -0.3 is 15.4 Å². The van der Waals surface area contributed by atoms with Crippen LogP contribution in [-0.4, -0.2) is 24.1 Å². The fourth-order valence-electron chi connectivity index (χ4n) is 2.72. The van der Waals surface area contributed by atoms with Gasteiger partial charge in [0.25, 0.3) is 0 Å². The third-order valence-corrected chi connectivity index (χ3v) is 3.97. The Bertz CT molecular complexity index is 493. The lowest BCUT2D eigenvalue weighted by molar-refractivity contribution is -0.127. The van der Waals surface area contributed by atoms with Gasteiger partial charge in [-0.2, -0.15) is 0 Å². The molecule has 1 heterocycles. The number of rotatable bonds is 5. The van der Waals surface area contributed by atoms with Crippen LogP contribution in [0.5, 0.6) is 5.75 Å². The Kier molecular flexibility index (Phi) is 4.88. The van der Waals surface area contributed by atoms with Gasteiger partial charge in [-0.15, -0.1) is 0 Å². The van der Waals surface area contributed by atoms with Crippen LogP contribution in [-0.2, 0) is 4.79 Å². The fraction of sp³-hybridized carbons (Fsp3) is 0.588. The van der Waals surface area contributed by atoms with E-state index in [1.807, 2.05) is 52.0 Å². The molecule has 4 heteroatoms. The van der Waals surface area contributed by atoms with Gasteiger partial charge in [-0.25, -0.2) is 0 Å². The van der Waals surface area contributed by atoms with Gasteiger partial charge in [0.1, 0.15) is 5.75 Å². The van der Waals surface area contributed by atoms with Crippen LogP contribution < -0.4 is 15.4 Å². The second-order valence-electron chi connectivity index (χ2n) is 6.26. The topological polar surface area (TPSA) is 50.4 Å². The quantitative estimate of drug-likeness (QED) is 0.876. The molecule has 1 aromatic carbocycles. The zero-order chi connectivity index (χ0) is 15.5. The fourth-order valence-corrected chi connectivity index (χ4v) is 2.72. The van der Waals surface area contributed by atoms with Crippen LogP contribution in [0.1, 0.15) is 52.1 Å². The minimum absolute atomic E-state index is 0.0619. The third kappa shape index (κ3) is 3.76. The van der Waals surface area contributed by atoms with Crippen LogP contribution in [0.2, 0.25) is 0 Å². The van der Waals surface area contributed by atoms with E-state index in [2.05, 4.69) is 10.6 Å². The first kappa shape index (κ1) is 15.8. The van der Waals surface area contributed by atoms with Gasteiger partial charge in [-0.05, 0) is 53.1 Å². The van der Waals surface area contributed by atoms with E-state index in [-0.39, 0.29) is 18.1 Å². The molecule has 2 unspecified atom stereocenters. The molecule has 0 spiro atoms. The standard InChI is InChI=1S/C17H26N2O2/c1-12(2)21-15-9-6-5-8-14(15)13(3)19-16(20)17(4)10-7-11-18-17/h5-6,8-9,12-13,18H,7,10-11H2,1-4H3,(H,19,20). The SMILES string of the molecule is CC(C)Oc1ccccc1C(C)NC(=O)C1(C)CCCN1. The molecular weight excluding hydrogens is 264 g/mol. The van der Waals surface area contributed by atoms with E-state index in [4.69, 9.17) is 4.74 Å². The molecule has 2 atom stereocenters. The van der Waals surface area contributed by atoms with Gasteiger partial charge >= 0.3 is 0 Å². The first-order valence-corrected chi connectivity index (χ1v) is 7.74. The highest BCUT2D eigenvalue weighted by atomic mass is 16.5. The Morgan fingerprint density at radius 3 is 2.67 bits per heavy atom. The summed E-state index contributed by atoms with van der Waals surface area (Å²) < 4.78 is 5.83. The van der Waals surface area contributed by atoms with Crippen molar-refractivity contribution in [2.45, 2.75) is 58.2 Å². The van der Waals surface area contributed by atoms with Crippen molar-refractivity contribution in [3.63, 3.8) is 0 Å². The highest BCUT2D eigenvalue weighted by Gasteiger charge is 2.36. The Labute approximate surface area is 127 Å². The van der Waals surface area contributed by atoms with Gasteiger partial charge in [0.15, 0.2) is 0 Å². The van der Waals surface area contributed by atoms with Crippen molar-refractivity contribution in [2.75, 3.05) is 6.54 Å². The van der Waals surface area contributed by atoms with Gasteiger partial charge in [0.05, 0.1) is 17.7 Å². The number of amides is 1. The molecule has 0 saturated carbocycles. The van der Waals surface area contributed by atoms with Crippen LogP contribution in [0.3, 0.4) is 0 Å². The summed E-state index contributed by atoms with van der Waals surface area (Å²) in [7, 11) is 0. The van der Waals surface area contributed by atoms with E-state index < -0.39 is 5.54 Å². The zero-order valence-corrected chi connectivity index (χ0v) is 13.4. The van der Waals surface area contributed by atoms with Crippen LogP contribution >= 0.6 is 0 Å². The molecule has 21 heavy (non-hydrogen) atoms. The molecule has 1 fully saturated rings. The zero-order valence-electron chi connectivity index (χ0n) is 13.4. The maximum absolute atomic E-state index is 12.5. The van der Waals surface area contributed by atoms with E-state index >= 15 is 0 Å². The van der Waals surface area contributed by atoms with Crippen molar-refractivity contribution in [2.24, 2.45) is 0 Å². The van der Waals surface area contributed by atoms with E-state index in [0.29, 0.717) is 0 Å². The third-order valence-electron chi connectivity index (χ3n) is 3.97. The predicted molar refractivity (Wildman–Crippen MR) is 84.4 cm³/mol. The van der Waals surface area contributed by atoms with E-state index in [9.17, 15) is 4.79 Å². The lowest BCUT2D eigenvalue weighted by Gasteiger charge is -2.27. The molecule has 116 valence electrons. The maximum atomic E-state index is 12.5. The Morgan fingerprint density at radius 1 is 1.33 bits per heavy atom. The van der Waals surface area contributed by atoms with Gasteiger partial charge in [0, 0.05) is 5.56 Å². The van der Waals surface area contributed by atoms with Crippen molar-refractivity contribution in [3.05, 3.63) is 29.8 Å². The first-order chi connectivity index (χ1) is 9.92. The van der Waals surface area contributed by atoms with Crippen molar-refractivity contribution in [1.82, 2.24) is 10.6 Å².